The van der Waals surface area contributed by atoms with Crippen molar-refractivity contribution in [3.05, 3.63) is 0 Å². The first kappa shape index (κ1) is 10.4. The van der Waals surface area contributed by atoms with Gasteiger partial charge >= 0.3 is 0 Å². The van der Waals surface area contributed by atoms with Gasteiger partial charge in [-0.1, -0.05) is 13.3 Å². The summed E-state index contributed by atoms with van der Waals surface area (Å²) < 4.78 is 5.29. The van der Waals surface area contributed by atoms with E-state index in [1.54, 1.807) is 0 Å². The fourth-order valence-corrected chi connectivity index (χ4v) is 0.795. The summed E-state index contributed by atoms with van der Waals surface area (Å²) in [6.07, 6.45) is 2.35. The van der Waals surface area contributed by atoms with Gasteiger partial charge in [0.05, 0.1) is 18.8 Å². The Kier molecular flexibility index (Phi) is 5.81. The van der Waals surface area contributed by atoms with Crippen molar-refractivity contribution in [2.75, 3.05) is 6.61 Å². The van der Waals surface area contributed by atoms with Gasteiger partial charge in [0.2, 0.25) is 0 Å². The minimum Gasteiger partial charge on any atom is -0.376 e. The molecule has 64 valence electrons. The molecule has 0 aromatic heterocycles. The predicted octanol–water partition coefficient (Wildman–Crippen LogP) is 1.04. The van der Waals surface area contributed by atoms with E-state index >= 15 is 0 Å². The smallest absolute Gasteiger partial charge is 0.116 e. The standard InChI is InChI=1S/C8H16N2O/c1-3-4-7(2)11-6-8(10)5-9/h7-8H,3-4,6,10H2,1-2H3. The Morgan fingerprint density at radius 1 is 1.64 bits per heavy atom. The van der Waals surface area contributed by atoms with E-state index in [1.807, 2.05) is 13.0 Å². The van der Waals surface area contributed by atoms with Crippen molar-refractivity contribution < 1.29 is 4.74 Å². The maximum Gasteiger partial charge on any atom is 0.116 e. The van der Waals surface area contributed by atoms with Crippen LogP contribution in [0.3, 0.4) is 0 Å². The molecule has 0 rings (SSSR count). The molecular weight excluding hydrogens is 140 g/mol. The van der Waals surface area contributed by atoms with Gasteiger partial charge < -0.3 is 10.5 Å². The molecular formula is C8H16N2O. The van der Waals surface area contributed by atoms with Crippen molar-refractivity contribution in [2.24, 2.45) is 5.73 Å². The van der Waals surface area contributed by atoms with E-state index < -0.39 is 6.04 Å². The average Bonchev–Trinajstić information content (AvgIpc) is 2.01. The Balaban J connectivity index is 3.31. The van der Waals surface area contributed by atoms with E-state index in [9.17, 15) is 0 Å². The lowest BCUT2D eigenvalue weighted by Crippen LogP contribution is -2.26. The number of nitrogens with two attached hydrogens (primary N) is 1. The molecule has 0 saturated heterocycles. The van der Waals surface area contributed by atoms with Gasteiger partial charge in [-0.2, -0.15) is 5.26 Å². The Morgan fingerprint density at radius 3 is 2.73 bits per heavy atom. The molecule has 0 amide bonds. The van der Waals surface area contributed by atoms with Crippen LogP contribution in [0, 0.1) is 11.3 Å². The third-order valence-corrected chi connectivity index (χ3v) is 1.42. The molecule has 2 unspecified atom stereocenters. The zero-order valence-corrected chi connectivity index (χ0v) is 7.21. The summed E-state index contributed by atoms with van der Waals surface area (Å²) in [5.41, 5.74) is 5.33. The van der Waals surface area contributed by atoms with Gasteiger partial charge in [0.15, 0.2) is 0 Å². The average molecular weight is 156 g/mol. The number of nitrogens with zero attached hydrogens (tertiary/aromatic N) is 1. The first-order valence-corrected chi connectivity index (χ1v) is 3.97. The summed E-state index contributed by atoms with van der Waals surface area (Å²) in [5.74, 6) is 0. The molecule has 0 aliphatic heterocycles. The van der Waals surface area contributed by atoms with Crippen LogP contribution in [0.25, 0.3) is 0 Å². The molecule has 0 aliphatic rings. The fraction of sp³-hybridized carbons (Fsp3) is 0.875. The predicted molar refractivity (Wildman–Crippen MR) is 43.9 cm³/mol. The summed E-state index contributed by atoms with van der Waals surface area (Å²) >= 11 is 0. The first-order chi connectivity index (χ1) is 5.20. The van der Waals surface area contributed by atoms with E-state index in [4.69, 9.17) is 15.7 Å². The van der Waals surface area contributed by atoms with Crippen molar-refractivity contribution >= 4 is 0 Å². The van der Waals surface area contributed by atoms with Crippen LogP contribution in [-0.4, -0.2) is 18.8 Å². The minimum atomic E-state index is -0.477. The van der Waals surface area contributed by atoms with E-state index in [2.05, 4.69) is 6.92 Å². The van der Waals surface area contributed by atoms with Crippen molar-refractivity contribution in [3.63, 3.8) is 0 Å². The Hall–Kier alpha value is -0.590. The van der Waals surface area contributed by atoms with Crippen LogP contribution < -0.4 is 5.73 Å². The van der Waals surface area contributed by atoms with E-state index in [0.717, 1.165) is 12.8 Å². The molecule has 0 radical (unpaired) electrons. The molecule has 2 N–H and O–H groups in total. The normalized spacial score (nSPS) is 15.5. The zero-order valence-electron chi connectivity index (χ0n) is 7.21. The highest BCUT2D eigenvalue weighted by Crippen LogP contribution is 2.00. The lowest BCUT2D eigenvalue weighted by Gasteiger charge is -2.12. The van der Waals surface area contributed by atoms with Crippen molar-refractivity contribution in [3.8, 4) is 6.07 Å². The Bertz CT molecular complexity index is 131. The first-order valence-electron chi connectivity index (χ1n) is 3.97. The van der Waals surface area contributed by atoms with Crippen molar-refractivity contribution in [2.45, 2.75) is 38.8 Å². The van der Waals surface area contributed by atoms with Gasteiger partial charge in [-0.05, 0) is 13.3 Å². The van der Waals surface area contributed by atoms with E-state index in [-0.39, 0.29) is 6.10 Å². The lowest BCUT2D eigenvalue weighted by atomic mass is 10.2. The van der Waals surface area contributed by atoms with Gasteiger partial charge in [-0.25, -0.2) is 0 Å². The molecule has 3 nitrogen and oxygen atoms in total. The van der Waals surface area contributed by atoms with Crippen LogP contribution in [0.5, 0.6) is 0 Å². The van der Waals surface area contributed by atoms with Crippen LogP contribution in [-0.2, 0) is 4.74 Å². The number of nitriles is 1. The second kappa shape index (κ2) is 6.14. The molecule has 0 heterocycles. The maximum absolute atomic E-state index is 8.32. The lowest BCUT2D eigenvalue weighted by molar-refractivity contribution is 0.0576. The SMILES string of the molecule is CCCC(C)OCC(N)C#N. The summed E-state index contributed by atoms with van der Waals surface area (Å²) in [4.78, 5) is 0. The number of hydrogen-bond acceptors (Lipinski definition) is 3. The van der Waals surface area contributed by atoms with Crippen LogP contribution >= 0.6 is 0 Å². The van der Waals surface area contributed by atoms with E-state index in [0.29, 0.717) is 6.61 Å². The molecule has 0 bridgehead atoms. The molecule has 2 atom stereocenters. The molecule has 0 spiro atoms. The highest BCUT2D eigenvalue weighted by atomic mass is 16.5. The minimum absolute atomic E-state index is 0.222. The second-order valence-corrected chi connectivity index (χ2v) is 2.67. The van der Waals surface area contributed by atoms with Crippen molar-refractivity contribution in [1.82, 2.24) is 0 Å². The monoisotopic (exact) mass is 156 g/mol. The molecule has 0 aromatic rings. The molecule has 0 fully saturated rings. The third kappa shape index (κ3) is 5.84. The summed E-state index contributed by atoms with van der Waals surface area (Å²) in [7, 11) is 0. The quantitative estimate of drug-likeness (QED) is 0.647. The van der Waals surface area contributed by atoms with Gasteiger partial charge in [0.25, 0.3) is 0 Å². The maximum atomic E-state index is 8.32. The molecule has 0 saturated carbocycles. The van der Waals surface area contributed by atoms with Gasteiger partial charge in [-0.15, -0.1) is 0 Å². The van der Waals surface area contributed by atoms with Crippen LogP contribution in [0.15, 0.2) is 0 Å². The Morgan fingerprint density at radius 2 is 2.27 bits per heavy atom. The number of rotatable bonds is 5. The highest BCUT2D eigenvalue weighted by molar-refractivity contribution is 4.86. The van der Waals surface area contributed by atoms with Gasteiger partial charge in [-0.3, -0.25) is 0 Å². The van der Waals surface area contributed by atoms with Crippen LogP contribution in [0.1, 0.15) is 26.7 Å². The molecule has 3 heteroatoms. The third-order valence-electron chi connectivity index (χ3n) is 1.42. The topological polar surface area (TPSA) is 59.0 Å². The molecule has 11 heavy (non-hydrogen) atoms. The van der Waals surface area contributed by atoms with Crippen molar-refractivity contribution in [1.29, 1.82) is 5.26 Å². The molecule has 0 aromatic carbocycles. The second-order valence-electron chi connectivity index (χ2n) is 2.67. The van der Waals surface area contributed by atoms with Crippen LogP contribution in [0.2, 0.25) is 0 Å². The highest BCUT2D eigenvalue weighted by Gasteiger charge is 2.03. The van der Waals surface area contributed by atoms with Gasteiger partial charge in [0, 0.05) is 0 Å². The largest absolute Gasteiger partial charge is 0.376 e. The molecule has 0 aliphatic carbocycles. The summed E-state index contributed by atoms with van der Waals surface area (Å²) in [6.45, 7) is 4.44. The zero-order chi connectivity index (χ0) is 8.69. The summed E-state index contributed by atoms with van der Waals surface area (Å²) in [5, 5.41) is 8.32. The summed E-state index contributed by atoms with van der Waals surface area (Å²) in [6, 6.07) is 1.44. The fourth-order valence-electron chi connectivity index (χ4n) is 0.795. The Labute approximate surface area is 68.1 Å². The van der Waals surface area contributed by atoms with E-state index in [1.165, 1.54) is 0 Å². The van der Waals surface area contributed by atoms with Gasteiger partial charge in [0.1, 0.15) is 6.04 Å². The number of ether oxygens (including phenoxy) is 1. The number of hydrogen-bond donors (Lipinski definition) is 1. The van der Waals surface area contributed by atoms with Crippen LogP contribution in [0.4, 0.5) is 0 Å².